The lowest BCUT2D eigenvalue weighted by atomic mass is 9.98. The highest BCUT2D eigenvalue weighted by atomic mass is 32.2. The normalized spacial score (nSPS) is 15.8. The molecule has 2 aromatic heterocycles. The van der Waals surface area contributed by atoms with Crippen LogP contribution in [0.1, 0.15) is 27.7 Å². The molecule has 43 heavy (non-hydrogen) atoms. The van der Waals surface area contributed by atoms with Crippen molar-refractivity contribution in [3.05, 3.63) is 138 Å². The molecular formula is C33H29N5O4S. The molecule has 1 aliphatic rings. The molecular weight excluding hydrogens is 562 g/mol. The molecule has 1 N–H and O–H groups in total. The zero-order valence-corrected chi connectivity index (χ0v) is 24.0. The van der Waals surface area contributed by atoms with Crippen molar-refractivity contribution in [3.63, 3.8) is 0 Å². The lowest BCUT2D eigenvalue weighted by Gasteiger charge is -2.40. The first kappa shape index (κ1) is 28.2. The SMILES string of the molecule is O=C(NC(c1ccccc1)c1ccccc1)C1CN(C(=O)c2ccccn2)CCN1S(=O)(=O)c1cccc2cccnc12. The summed E-state index contributed by atoms with van der Waals surface area (Å²) < 4.78 is 29.8. The van der Waals surface area contributed by atoms with Crippen LogP contribution in [0.3, 0.4) is 0 Å². The maximum absolute atomic E-state index is 14.3. The second-order valence-corrected chi connectivity index (χ2v) is 12.1. The van der Waals surface area contributed by atoms with Crippen LogP contribution in [0.15, 0.2) is 126 Å². The monoisotopic (exact) mass is 591 g/mol. The van der Waals surface area contributed by atoms with Gasteiger partial charge >= 0.3 is 0 Å². The number of carbonyl (C=O) groups is 2. The van der Waals surface area contributed by atoms with Gasteiger partial charge in [0, 0.05) is 37.4 Å². The van der Waals surface area contributed by atoms with E-state index in [1.807, 2.05) is 60.7 Å². The number of para-hydroxylation sites is 1. The van der Waals surface area contributed by atoms with E-state index in [0.29, 0.717) is 10.9 Å². The van der Waals surface area contributed by atoms with Crippen molar-refractivity contribution in [2.45, 2.75) is 17.0 Å². The maximum Gasteiger partial charge on any atom is 0.272 e. The Bertz CT molecular complexity index is 1810. The molecule has 10 heteroatoms. The van der Waals surface area contributed by atoms with Crippen molar-refractivity contribution < 1.29 is 18.0 Å². The van der Waals surface area contributed by atoms with E-state index in [2.05, 4.69) is 15.3 Å². The van der Waals surface area contributed by atoms with Crippen LogP contribution in [0.5, 0.6) is 0 Å². The Morgan fingerprint density at radius 3 is 2.07 bits per heavy atom. The van der Waals surface area contributed by atoms with Crippen LogP contribution >= 0.6 is 0 Å². The quantitative estimate of drug-likeness (QED) is 0.306. The Kier molecular flexibility index (Phi) is 7.95. The maximum atomic E-state index is 14.3. The van der Waals surface area contributed by atoms with Crippen molar-refractivity contribution in [1.29, 1.82) is 0 Å². The highest BCUT2D eigenvalue weighted by Crippen LogP contribution is 2.29. The van der Waals surface area contributed by atoms with Gasteiger partial charge in [0.15, 0.2) is 0 Å². The zero-order chi connectivity index (χ0) is 29.8. The van der Waals surface area contributed by atoms with E-state index in [1.165, 1.54) is 21.5 Å². The van der Waals surface area contributed by atoms with Crippen molar-refractivity contribution >= 4 is 32.7 Å². The zero-order valence-electron chi connectivity index (χ0n) is 23.2. The number of hydrogen-bond donors (Lipinski definition) is 1. The Morgan fingerprint density at radius 2 is 1.40 bits per heavy atom. The summed E-state index contributed by atoms with van der Waals surface area (Å²) in [4.78, 5) is 37.6. The van der Waals surface area contributed by atoms with E-state index < -0.39 is 28.0 Å². The highest BCUT2D eigenvalue weighted by molar-refractivity contribution is 7.89. The van der Waals surface area contributed by atoms with Crippen LogP contribution in [0.25, 0.3) is 10.9 Å². The number of aromatic nitrogens is 2. The Morgan fingerprint density at radius 1 is 0.744 bits per heavy atom. The molecule has 0 radical (unpaired) electrons. The van der Waals surface area contributed by atoms with E-state index in [1.54, 1.807) is 48.7 Å². The van der Waals surface area contributed by atoms with Gasteiger partial charge in [0.2, 0.25) is 15.9 Å². The predicted octanol–water partition coefficient (Wildman–Crippen LogP) is 4.05. The topological polar surface area (TPSA) is 113 Å². The Hall–Kier alpha value is -4.93. The van der Waals surface area contributed by atoms with Gasteiger partial charge in [-0.1, -0.05) is 84.9 Å². The number of pyridine rings is 2. The number of nitrogens with one attached hydrogen (secondary N) is 1. The fourth-order valence-corrected chi connectivity index (χ4v) is 7.14. The van der Waals surface area contributed by atoms with Gasteiger partial charge in [-0.25, -0.2) is 8.42 Å². The first-order valence-corrected chi connectivity index (χ1v) is 15.3. The molecule has 0 aliphatic carbocycles. The molecule has 1 aliphatic heterocycles. The van der Waals surface area contributed by atoms with Crippen molar-refractivity contribution in [1.82, 2.24) is 24.5 Å². The van der Waals surface area contributed by atoms with Gasteiger partial charge in [-0.15, -0.1) is 0 Å². The molecule has 1 fully saturated rings. The number of piperazine rings is 1. The number of benzene rings is 3. The van der Waals surface area contributed by atoms with E-state index >= 15 is 0 Å². The number of nitrogens with zero attached hydrogens (tertiary/aromatic N) is 4. The molecule has 3 heterocycles. The molecule has 1 saturated heterocycles. The van der Waals surface area contributed by atoms with E-state index in [9.17, 15) is 18.0 Å². The number of carbonyl (C=O) groups excluding carboxylic acids is 2. The van der Waals surface area contributed by atoms with Gasteiger partial charge < -0.3 is 10.2 Å². The summed E-state index contributed by atoms with van der Waals surface area (Å²) in [5, 5.41) is 3.76. The minimum absolute atomic E-state index is 0.00979. The molecule has 0 saturated carbocycles. The molecule has 3 aromatic carbocycles. The van der Waals surface area contributed by atoms with Crippen LogP contribution in [-0.2, 0) is 14.8 Å². The number of hydrogen-bond acceptors (Lipinski definition) is 6. The van der Waals surface area contributed by atoms with Crippen molar-refractivity contribution in [2.24, 2.45) is 0 Å². The minimum Gasteiger partial charge on any atom is -0.344 e. The second kappa shape index (κ2) is 12.1. The second-order valence-electron chi connectivity index (χ2n) is 10.2. The summed E-state index contributed by atoms with van der Waals surface area (Å²) in [6, 6.07) is 30.7. The van der Waals surface area contributed by atoms with Crippen LogP contribution in [0.4, 0.5) is 0 Å². The minimum atomic E-state index is -4.21. The van der Waals surface area contributed by atoms with Gasteiger partial charge in [-0.3, -0.25) is 19.6 Å². The molecule has 2 amide bonds. The van der Waals surface area contributed by atoms with Crippen LogP contribution in [0, 0.1) is 0 Å². The third-order valence-corrected chi connectivity index (χ3v) is 9.48. The molecule has 5 aromatic rings. The van der Waals surface area contributed by atoms with Crippen molar-refractivity contribution in [2.75, 3.05) is 19.6 Å². The summed E-state index contributed by atoms with van der Waals surface area (Å²) in [7, 11) is -4.21. The largest absolute Gasteiger partial charge is 0.344 e. The average Bonchev–Trinajstić information content (AvgIpc) is 3.07. The summed E-state index contributed by atoms with van der Waals surface area (Å²) >= 11 is 0. The van der Waals surface area contributed by atoms with Gasteiger partial charge in [-0.05, 0) is 35.4 Å². The summed E-state index contributed by atoms with van der Waals surface area (Å²) in [5.74, 6) is -0.891. The average molecular weight is 592 g/mol. The van der Waals surface area contributed by atoms with E-state index in [0.717, 1.165) is 11.1 Å². The van der Waals surface area contributed by atoms with Gasteiger partial charge in [-0.2, -0.15) is 4.31 Å². The number of sulfonamides is 1. The van der Waals surface area contributed by atoms with Gasteiger partial charge in [0.05, 0.1) is 11.6 Å². The first-order valence-electron chi connectivity index (χ1n) is 13.9. The first-order chi connectivity index (χ1) is 20.9. The summed E-state index contributed by atoms with van der Waals surface area (Å²) in [5.41, 5.74) is 2.23. The lowest BCUT2D eigenvalue weighted by Crippen LogP contribution is -2.61. The molecule has 6 rings (SSSR count). The fraction of sp³-hybridized carbons (Fsp3) is 0.152. The molecule has 216 valence electrons. The van der Waals surface area contributed by atoms with Gasteiger partial charge in [0.1, 0.15) is 16.6 Å². The van der Waals surface area contributed by atoms with Crippen LogP contribution < -0.4 is 5.32 Å². The van der Waals surface area contributed by atoms with Crippen LogP contribution in [0.2, 0.25) is 0 Å². The lowest BCUT2D eigenvalue weighted by molar-refractivity contribution is -0.126. The predicted molar refractivity (Wildman–Crippen MR) is 162 cm³/mol. The van der Waals surface area contributed by atoms with Crippen LogP contribution in [-0.4, -0.2) is 65.1 Å². The van der Waals surface area contributed by atoms with E-state index in [4.69, 9.17) is 0 Å². The number of amides is 2. The summed E-state index contributed by atoms with van der Waals surface area (Å²) in [6.45, 7) is -0.129. The standard InChI is InChI=1S/C33H29N5O4S/c39-32(36-30(24-11-3-1-4-12-24)25-13-5-2-6-14-25)28-23-37(33(40)27-17-7-8-19-34-27)21-22-38(28)43(41,42)29-18-9-15-26-16-10-20-35-31(26)29/h1-20,28,30H,21-23H2,(H,36,39). The van der Waals surface area contributed by atoms with Gasteiger partial charge in [0.25, 0.3) is 5.91 Å². The third kappa shape index (κ3) is 5.75. The highest BCUT2D eigenvalue weighted by Gasteiger charge is 2.43. The Labute approximate surface area is 249 Å². The molecule has 1 unspecified atom stereocenters. The third-order valence-electron chi connectivity index (χ3n) is 7.54. The molecule has 9 nitrogen and oxygen atoms in total. The summed E-state index contributed by atoms with van der Waals surface area (Å²) in [6.07, 6.45) is 3.06. The number of fused-ring (bicyclic) bond motifs is 1. The Balaban J connectivity index is 1.39. The van der Waals surface area contributed by atoms with E-state index in [-0.39, 0.29) is 36.1 Å². The molecule has 0 bridgehead atoms. The fourth-order valence-electron chi connectivity index (χ4n) is 5.40. The number of rotatable bonds is 7. The smallest absolute Gasteiger partial charge is 0.272 e. The molecule has 1 atom stereocenters. The molecule has 0 spiro atoms. The van der Waals surface area contributed by atoms with Crippen molar-refractivity contribution in [3.8, 4) is 0 Å².